The smallest absolute Gasteiger partial charge is 0.314 e. The minimum atomic E-state index is -0.222. The van der Waals surface area contributed by atoms with E-state index in [2.05, 4.69) is 15.7 Å². The highest BCUT2D eigenvalue weighted by Gasteiger charge is 2.14. The zero-order chi connectivity index (χ0) is 16.8. The summed E-state index contributed by atoms with van der Waals surface area (Å²) in [6, 6.07) is 11.5. The summed E-state index contributed by atoms with van der Waals surface area (Å²) in [7, 11) is 0. The van der Waals surface area contributed by atoms with Crippen molar-refractivity contribution < 1.29 is 4.79 Å². The van der Waals surface area contributed by atoms with Crippen LogP contribution in [0.25, 0.3) is 0 Å². The monoisotopic (exact) mass is 326 g/mol. The molecule has 1 aliphatic rings. The Labute approximate surface area is 140 Å². The van der Waals surface area contributed by atoms with Crippen LogP contribution in [-0.2, 0) is 25.8 Å². The Hall–Kier alpha value is -2.63. The van der Waals surface area contributed by atoms with Gasteiger partial charge in [0.2, 0.25) is 0 Å². The Morgan fingerprint density at radius 3 is 2.75 bits per heavy atom. The summed E-state index contributed by atoms with van der Waals surface area (Å²) in [4.78, 5) is 23.7. The maximum atomic E-state index is 12.0. The highest BCUT2D eigenvalue weighted by molar-refractivity contribution is 5.73. The van der Waals surface area contributed by atoms with Crippen molar-refractivity contribution >= 4 is 6.03 Å². The number of nitrogens with one attached hydrogen (secondary N) is 2. The lowest BCUT2D eigenvalue weighted by atomic mass is 10.1. The quantitative estimate of drug-likeness (QED) is 0.839. The van der Waals surface area contributed by atoms with Gasteiger partial charge in [-0.15, -0.1) is 0 Å². The Balaban J connectivity index is 1.40. The molecule has 0 saturated carbocycles. The number of hydrogen-bond donors (Lipinski definition) is 2. The normalized spacial score (nSPS) is 12.7. The molecule has 2 amide bonds. The summed E-state index contributed by atoms with van der Waals surface area (Å²) in [6.07, 6.45) is 3.73. The van der Waals surface area contributed by atoms with Crippen LogP contribution >= 0.6 is 0 Å². The molecule has 0 bridgehead atoms. The maximum Gasteiger partial charge on any atom is 0.314 e. The van der Waals surface area contributed by atoms with Crippen LogP contribution in [0.3, 0.4) is 0 Å². The van der Waals surface area contributed by atoms with E-state index in [0.717, 1.165) is 36.9 Å². The molecule has 0 radical (unpaired) electrons. The molecule has 2 aromatic rings. The lowest BCUT2D eigenvalue weighted by molar-refractivity contribution is 0.240. The van der Waals surface area contributed by atoms with Crippen molar-refractivity contribution in [1.82, 2.24) is 20.4 Å². The number of carbonyl (C=O) groups is 1. The molecule has 1 aromatic carbocycles. The van der Waals surface area contributed by atoms with Crippen molar-refractivity contribution in [3.05, 3.63) is 63.6 Å². The summed E-state index contributed by atoms with van der Waals surface area (Å²) in [6.45, 7) is 1.34. The standard InChI is InChI=1S/C18H22N4O2/c23-17-13-15-7-4-8-16(15)21-22(17)12-11-20-18(24)19-10-9-14-5-2-1-3-6-14/h1-3,5-6,13H,4,7-12H2,(H2,19,20,24). The van der Waals surface area contributed by atoms with Gasteiger partial charge in [0.15, 0.2) is 0 Å². The van der Waals surface area contributed by atoms with E-state index >= 15 is 0 Å². The number of aryl methyl sites for hydroxylation is 2. The van der Waals surface area contributed by atoms with Gasteiger partial charge >= 0.3 is 6.03 Å². The van der Waals surface area contributed by atoms with Gasteiger partial charge in [0.1, 0.15) is 0 Å². The highest BCUT2D eigenvalue weighted by atomic mass is 16.2. The summed E-state index contributed by atoms with van der Waals surface area (Å²) in [5.74, 6) is 0. The summed E-state index contributed by atoms with van der Waals surface area (Å²) in [5, 5.41) is 9.96. The number of amides is 2. The van der Waals surface area contributed by atoms with E-state index < -0.39 is 0 Å². The molecule has 0 spiro atoms. The van der Waals surface area contributed by atoms with Crippen molar-refractivity contribution in [1.29, 1.82) is 0 Å². The molecule has 0 aliphatic heterocycles. The first-order valence-electron chi connectivity index (χ1n) is 8.38. The van der Waals surface area contributed by atoms with E-state index in [0.29, 0.717) is 19.6 Å². The minimum absolute atomic E-state index is 0.0954. The van der Waals surface area contributed by atoms with Gasteiger partial charge in [-0.2, -0.15) is 5.10 Å². The highest BCUT2D eigenvalue weighted by Crippen LogP contribution is 2.16. The summed E-state index contributed by atoms with van der Waals surface area (Å²) >= 11 is 0. The second-order valence-corrected chi connectivity index (χ2v) is 5.95. The maximum absolute atomic E-state index is 12.0. The van der Waals surface area contributed by atoms with Crippen LogP contribution in [0.15, 0.2) is 41.2 Å². The van der Waals surface area contributed by atoms with Crippen molar-refractivity contribution in [3.63, 3.8) is 0 Å². The molecule has 24 heavy (non-hydrogen) atoms. The summed E-state index contributed by atoms with van der Waals surface area (Å²) in [5.41, 5.74) is 3.18. The van der Waals surface area contributed by atoms with Gasteiger partial charge in [0.25, 0.3) is 5.56 Å². The van der Waals surface area contributed by atoms with Gasteiger partial charge in [-0.25, -0.2) is 9.48 Å². The van der Waals surface area contributed by atoms with Gasteiger partial charge in [-0.1, -0.05) is 30.3 Å². The molecule has 0 atom stereocenters. The molecule has 2 N–H and O–H groups in total. The van der Waals surface area contributed by atoms with Crippen LogP contribution in [0.4, 0.5) is 4.79 Å². The van der Waals surface area contributed by atoms with Crippen LogP contribution in [0, 0.1) is 0 Å². The second kappa shape index (κ2) is 7.77. The lowest BCUT2D eigenvalue weighted by Gasteiger charge is -2.09. The van der Waals surface area contributed by atoms with Crippen LogP contribution in [-0.4, -0.2) is 28.9 Å². The molecule has 1 aliphatic carbocycles. The third kappa shape index (κ3) is 4.22. The predicted molar refractivity (Wildman–Crippen MR) is 92.1 cm³/mol. The van der Waals surface area contributed by atoms with E-state index in [4.69, 9.17) is 0 Å². The molecule has 6 heteroatoms. The molecule has 126 valence electrons. The third-order valence-corrected chi connectivity index (χ3v) is 4.18. The zero-order valence-corrected chi connectivity index (χ0v) is 13.6. The Kier molecular flexibility index (Phi) is 5.25. The zero-order valence-electron chi connectivity index (χ0n) is 13.6. The molecule has 0 unspecified atom stereocenters. The number of urea groups is 1. The molecule has 0 fully saturated rings. The fourth-order valence-electron chi connectivity index (χ4n) is 2.90. The SMILES string of the molecule is O=C(NCCc1ccccc1)NCCn1nc2c(cc1=O)CCC2. The van der Waals surface area contributed by atoms with Crippen LogP contribution in [0.1, 0.15) is 23.2 Å². The second-order valence-electron chi connectivity index (χ2n) is 5.95. The van der Waals surface area contributed by atoms with Crippen LogP contribution in [0.2, 0.25) is 0 Å². The van der Waals surface area contributed by atoms with E-state index in [-0.39, 0.29) is 11.6 Å². The van der Waals surface area contributed by atoms with Gasteiger partial charge < -0.3 is 10.6 Å². The number of aromatic nitrogens is 2. The fraction of sp³-hybridized carbons (Fsp3) is 0.389. The largest absolute Gasteiger partial charge is 0.338 e. The lowest BCUT2D eigenvalue weighted by Crippen LogP contribution is -2.39. The van der Waals surface area contributed by atoms with Crippen molar-refractivity contribution in [3.8, 4) is 0 Å². The van der Waals surface area contributed by atoms with Crippen molar-refractivity contribution in [2.75, 3.05) is 13.1 Å². The number of rotatable bonds is 6. The first-order valence-corrected chi connectivity index (χ1v) is 8.38. The topological polar surface area (TPSA) is 76.0 Å². The average Bonchev–Trinajstić information content (AvgIpc) is 3.03. The van der Waals surface area contributed by atoms with Crippen LogP contribution in [0.5, 0.6) is 0 Å². The number of fused-ring (bicyclic) bond motifs is 1. The van der Waals surface area contributed by atoms with Gasteiger partial charge in [-0.05, 0) is 36.8 Å². The van der Waals surface area contributed by atoms with Crippen molar-refractivity contribution in [2.45, 2.75) is 32.2 Å². The Morgan fingerprint density at radius 2 is 1.92 bits per heavy atom. The third-order valence-electron chi connectivity index (χ3n) is 4.18. The molecular weight excluding hydrogens is 304 g/mol. The van der Waals surface area contributed by atoms with E-state index in [9.17, 15) is 9.59 Å². The first kappa shape index (κ1) is 16.2. The number of benzene rings is 1. The molecule has 1 heterocycles. The van der Waals surface area contributed by atoms with E-state index in [1.807, 2.05) is 30.3 Å². The molecular formula is C18H22N4O2. The van der Waals surface area contributed by atoms with Gasteiger partial charge in [0.05, 0.1) is 12.2 Å². The van der Waals surface area contributed by atoms with E-state index in [1.165, 1.54) is 10.2 Å². The minimum Gasteiger partial charge on any atom is -0.338 e. The molecule has 6 nitrogen and oxygen atoms in total. The fourth-order valence-corrected chi connectivity index (χ4v) is 2.90. The van der Waals surface area contributed by atoms with Crippen LogP contribution < -0.4 is 16.2 Å². The summed E-state index contributed by atoms with van der Waals surface area (Å²) < 4.78 is 1.44. The average molecular weight is 326 g/mol. The van der Waals surface area contributed by atoms with Gasteiger partial charge in [0, 0.05) is 19.2 Å². The number of hydrogen-bond acceptors (Lipinski definition) is 3. The van der Waals surface area contributed by atoms with Crippen molar-refractivity contribution in [2.24, 2.45) is 0 Å². The first-order chi connectivity index (χ1) is 11.7. The predicted octanol–water partition coefficient (Wildman–Crippen LogP) is 1.27. The molecule has 1 aromatic heterocycles. The Bertz CT molecular complexity index is 755. The number of nitrogens with zero attached hydrogens (tertiary/aromatic N) is 2. The molecule has 3 rings (SSSR count). The van der Waals surface area contributed by atoms with E-state index in [1.54, 1.807) is 6.07 Å². The van der Waals surface area contributed by atoms with Gasteiger partial charge in [-0.3, -0.25) is 4.79 Å². The Morgan fingerprint density at radius 1 is 1.12 bits per heavy atom. The number of carbonyl (C=O) groups excluding carboxylic acids is 1. The molecule has 0 saturated heterocycles.